The van der Waals surface area contributed by atoms with E-state index in [1.807, 2.05) is 0 Å². The van der Waals surface area contributed by atoms with Crippen molar-refractivity contribution < 1.29 is 29.2 Å². The Bertz CT molecular complexity index is 649. The van der Waals surface area contributed by atoms with Gasteiger partial charge in [0.15, 0.2) is 17.5 Å². The summed E-state index contributed by atoms with van der Waals surface area (Å²) in [5, 5.41) is 20.0. The molecule has 0 radical (unpaired) electrons. The third kappa shape index (κ3) is 2.86. The van der Waals surface area contributed by atoms with Crippen molar-refractivity contribution in [2.45, 2.75) is 19.4 Å². The topological polar surface area (TPSA) is 124 Å². The molecule has 0 saturated carbocycles. The van der Waals surface area contributed by atoms with E-state index in [4.69, 9.17) is 9.84 Å². The highest BCUT2D eigenvalue weighted by molar-refractivity contribution is 6.24. The minimum atomic E-state index is -1.72. The van der Waals surface area contributed by atoms with Gasteiger partial charge in [0.05, 0.1) is 17.1 Å². The molecule has 1 aromatic rings. The summed E-state index contributed by atoms with van der Waals surface area (Å²) in [5.41, 5.74) is -0.204. The second-order valence-electron chi connectivity index (χ2n) is 4.99. The highest BCUT2D eigenvalue weighted by Gasteiger charge is 2.43. The van der Waals surface area contributed by atoms with Crippen LogP contribution in [-0.2, 0) is 14.3 Å². The van der Waals surface area contributed by atoms with Gasteiger partial charge in [-0.25, -0.2) is 0 Å². The van der Waals surface area contributed by atoms with Crippen molar-refractivity contribution >= 4 is 23.2 Å². The molecule has 0 aromatic heterocycles. The van der Waals surface area contributed by atoms with Crippen LogP contribution in [0.1, 0.15) is 22.3 Å². The number of hydrogen-bond acceptors (Lipinski definition) is 7. The molecular weight excluding hydrogens is 294 g/mol. The molecule has 22 heavy (non-hydrogen) atoms. The minimum absolute atomic E-state index is 0.293. The number of ketones is 2. The van der Waals surface area contributed by atoms with Gasteiger partial charge in [-0.1, -0.05) is 6.07 Å². The highest BCUT2D eigenvalue weighted by Crippen LogP contribution is 2.27. The number of esters is 1. The Morgan fingerprint density at radius 3 is 2.68 bits per heavy atom. The Morgan fingerprint density at radius 2 is 2.14 bits per heavy atom. The summed E-state index contributed by atoms with van der Waals surface area (Å²) in [6.45, 7) is 1.09. The second-order valence-corrected chi connectivity index (χ2v) is 4.99. The number of cyclic esters (lactones) is 1. The molecule has 2 rings (SSSR count). The summed E-state index contributed by atoms with van der Waals surface area (Å²) >= 11 is 0. The van der Waals surface area contributed by atoms with Crippen LogP contribution in [0.5, 0.6) is 0 Å². The lowest BCUT2D eigenvalue weighted by atomic mass is 9.88. The number of benzene rings is 1. The van der Waals surface area contributed by atoms with Crippen LogP contribution in [-0.4, -0.2) is 40.3 Å². The standard InChI is InChI=1S/C14H13NO7/c1-7-2-3-9(10(4-7)15(20)21)13(18)12-11(17)5-8(6-16)22-14(12)19/h2-4,8,12,16H,5-6H2,1H3. The summed E-state index contributed by atoms with van der Waals surface area (Å²) < 4.78 is 4.78. The summed E-state index contributed by atoms with van der Waals surface area (Å²) in [7, 11) is 0. The monoisotopic (exact) mass is 307 g/mol. The number of aliphatic hydroxyl groups excluding tert-OH is 1. The zero-order valence-corrected chi connectivity index (χ0v) is 11.6. The Morgan fingerprint density at radius 1 is 1.45 bits per heavy atom. The Labute approximate surface area is 124 Å². The fourth-order valence-corrected chi connectivity index (χ4v) is 2.26. The largest absolute Gasteiger partial charge is 0.459 e. The molecular formula is C14H13NO7. The van der Waals surface area contributed by atoms with Crippen molar-refractivity contribution in [3.05, 3.63) is 39.4 Å². The lowest BCUT2D eigenvalue weighted by molar-refractivity contribution is -0.385. The van der Waals surface area contributed by atoms with E-state index >= 15 is 0 Å². The first-order valence-corrected chi connectivity index (χ1v) is 6.48. The molecule has 0 aliphatic carbocycles. The van der Waals surface area contributed by atoms with Crippen LogP contribution in [0, 0.1) is 23.0 Å². The number of nitro benzene ring substituents is 1. The van der Waals surface area contributed by atoms with Gasteiger partial charge in [-0.05, 0) is 18.6 Å². The average molecular weight is 307 g/mol. The zero-order valence-electron chi connectivity index (χ0n) is 11.6. The maximum atomic E-state index is 12.4. The van der Waals surface area contributed by atoms with Crippen molar-refractivity contribution in [1.29, 1.82) is 0 Å². The summed E-state index contributed by atoms with van der Waals surface area (Å²) in [5.74, 6) is -4.48. The number of Topliss-reactive ketones (excluding diaryl/α,β-unsaturated/α-hetero) is 2. The van der Waals surface area contributed by atoms with E-state index in [0.717, 1.165) is 0 Å². The Kier molecular flexibility index (Phi) is 4.32. The maximum Gasteiger partial charge on any atom is 0.324 e. The number of ether oxygens (including phenoxy) is 1. The third-order valence-electron chi connectivity index (χ3n) is 3.35. The van der Waals surface area contributed by atoms with Gasteiger partial charge in [-0.15, -0.1) is 0 Å². The molecule has 1 saturated heterocycles. The molecule has 0 bridgehead atoms. The van der Waals surface area contributed by atoms with Crippen LogP contribution in [0.2, 0.25) is 0 Å². The Hall–Kier alpha value is -2.61. The van der Waals surface area contributed by atoms with Crippen LogP contribution < -0.4 is 0 Å². The highest BCUT2D eigenvalue weighted by atomic mass is 16.6. The van der Waals surface area contributed by atoms with Crippen molar-refractivity contribution in [3.8, 4) is 0 Å². The number of hydrogen-bond donors (Lipinski definition) is 1. The summed E-state index contributed by atoms with van der Waals surface area (Å²) in [6.07, 6.45) is -1.27. The molecule has 1 aliphatic rings. The molecule has 0 amide bonds. The fourth-order valence-electron chi connectivity index (χ4n) is 2.26. The first-order chi connectivity index (χ1) is 10.3. The lowest BCUT2D eigenvalue weighted by Gasteiger charge is -2.25. The molecule has 8 nitrogen and oxygen atoms in total. The molecule has 1 aromatic carbocycles. The van der Waals surface area contributed by atoms with Crippen LogP contribution in [0.15, 0.2) is 18.2 Å². The van der Waals surface area contributed by atoms with E-state index in [1.54, 1.807) is 6.92 Å². The number of aryl methyl sites for hydroxylation is 1. The Balaban J connectivity index is 2.38. The number of rotatable bonds is 4. The summed E-state index contributed by atoms with van der Waals surface area (Å²) in [4.78, 5) is 46.4. The van der Waals surface area contributed by atoms with Gasteiger partial charge in [0.25, 0.3) is 5.69 Å². The van der Waals surface area contributed by atoms with Crippen LogP contribution in [0.4, 0.5) is 5.69 Å². The molecule has 116 valence electrons. The van der Waals surface area contributed by atoms with Crippen molar-refractivity contribution in [2.75, 3.05) is 6.61 Å². The van der Waals surface area contributed by atoms with Gasteiger partial charge < -0.3 is 9.84 Å². The smallest absolute Gasteiger partial charge is 0.324 e. The molecule has 1 heterocycles. The van der Waals surface area contributed by atoms with Gasteiger partial charge in [0.1, 0.15) is 6.10 Å². The normalized spacial score (nSPS) is 21.4. The summed E-state index contributed by atoms with van der Waals surface area (Å²) in [6, 6.07) is 3.90. The average Bonchev–Trinajstić information content (AvgIpc) is 2.45. The molecule has 1 fully saturated rings. The lowest BCUT2D eigenvalue weighted by Crippen LogP contribution is -2.43. The fraction of sp³-hybridized carbons (Fsp3) is 0.357. The number of nitro groups is 1. The quantitative estimate of drug-likeness (QED) is 0.283. The minimum Gasteiger partial charge on any atom is -0.459 e. The van der Waals surface area contributed by atoms with Crippen molar-refractivity contribution in [3.63, 3.8) is 0 Å². The molecule has 8 heteroatoms. The first kappa shape index (κ1) is 15.8. The van der Waals surface area contributed by atoms with Crippen molar-refractivity contribution in [1.82, 2.24) is 0 Å². The van der Waals surface area contributed by atoms with Gasteiger partial charge in [0.2, 0.25) is 0 Å². The first-order valence-electron chi connectivity index (χ1n) is 6.48. The van der Waals surface area contributed by atoms with E-state index < -0.39 is 46.8 Å². The van der Waals surface area contributed by atoms with Gasteiger partial charge >= 0.3 is 5.97 Å². The van der Waals surface area contributed by atoms with E-state index in [9.17, 15) is 24.5 Å². The predicted octanol–water partition coefficient (Wildman–Crippen LogP) is 0.579. The number of aliphatic hydroxyl groups is 1. The second kappa shape index (κ2) is 6.02. The SMILES string of the molecule is Cc1ccc(C(=O)C2C(=O)CC(CO)OC2=O)c([N+](=O)[O-])c1. The maximum absolute atomic E-state index is 12.4. The van der Waals surface area contributed by atoms with Gasteiger partial charge in [-0.2, -0.15) is 0 Å². The molecule has 1 N–H and O–H groups in total. The molecule has 1 aliphatic heterocycles. The predicted molar refractivity (Wildman–Crippen MR) is 72.2 cm³/mol. The van der Waals surface area contributed by atoms with E-state index in [-0.39, 0.29) is 12.0 Å². The molecule has 2 atom stereocenters. The number of carbonyl (C=O) groups is 3. The van der Waals surface area contributed by atoms with E-state index in [1.165, 1.54) is 18.2 Å². The molecule has 2 unspecified atom stereocenters. The van der Waals surface area contributed by atoms with E-state index in [0.29, 0.717) is 5.56 Å². The van der Waals surface area contributed by atoms with Crippen LogP contribution in [0.3, 0.4) is 0 Å². The van der Waals surface area contributed by atoms with Gasteiger partial charge in [0, 0.05) is 12.5 Å². The van der Waals surface area contributed by atoms with Gasteiger partial charge in [-0.3, -0.25) is 24.5 Å². The zero-order chi connectivity index (χ0) is 16.4. The van der Waals surface area contributed by atoms with Crippen LogP contribution in [0.25, 0.3) is 0 Å². The van der Waals surface area contributed by atoms with E-state index in [2.05, 4.69) is 0 Å². The third-order valence-corrected chi connectivity index (χ3v) is 3.35. The van der Waals surface area contributed by atoms with Crippen molar-refractivity contribution in [2.24, 2.45) is 5.92 Å². The number of carbonyl (C=O) groups excluding carboxylic acids is 3. The molecule has 0 spiro atoms. The number of nitrogens with zero attached hydrogens (tertiary/aromatic N) is 1. The van der Waals surface area contributed by atoms with Crippen LogP contribution >= 0.6 is 0 Å².